The summed E-state index contributed by atoms with van der Waals surface area (Å²) >= 11 is 0. The summed E-state index contributed by atoms with van der Waals surface area (Å²) in [6.07, 6.45) is 17.7. The molecular formula is C34H46O4. The minimum atomic E-state index is 0.0881. The van der Waals surface area contributed by atoms with Crippen LogP contribution in [0.15, 0.2) is 12.1 Å². The van der Waals surface area contributed by atoms with Crippen LogP contribution in [0.25, 0.3) is 0 Å². The molecule has 38 heavy (non-hydrogen) atoms. The quantitative estimate of drug-likeness (QED) is 0.349. The van der Waals surface area contributed by atoms with E-state index in [1.165, 1.54) is 77.0 Å². The monoisotopic (exact) mass is 518 g/mol. The van der Waals surface area contributed by atoms with E-state index in [-0.39, 0.29) is 24.4 Å². The summed E-state index contributed by atoms with van der Waals surface area (Å²) in [5.74, 6) is 7.75. The number of hydrogen-bond donors (Lipinski definition) is 0. The summed E-state index contributed by atoms with van der Waals surface area (Å²) in [5, 5.41) is 0. The summed E-state index contributed by atoms with van der Waals surface area (Å²) < 4.78 is 25.2. The molecule has 206 valence electrons. The third-order valence-electron chi connectivity index (χ3n) is 12.7. The van der Waals surface area contributed by atoms with Gasteiger partial charge in [-0.05, 0) is 143 Å². The Morgan fingerprint density at radius 1 is 0.579 bits per heavy atom. The fourth-order valence-electron chi connectivity index (χ4n) is 11.7. The van der Waals surface area contributed by atoms with Crippen molar-refractivity contribution in [2.45, 2.75) is 126 Å². The van der Waals surface area contributed by atoms with E-state index in [1.807, 2.05) is 0 Å². The van der Waals surface area contributed by atoms with Crippen LogP contribution in [0, 0.1) is 35.5 Å². The fourth-order valence-corrected chi connectivity index (χ4v) is 11.7. The molecule has 8 bridgehead atoms. The van der Waals surface area contributed by atoms with Gasteiger partial charge >= 0.3 is 0 Å². The van der Waals surface area contributed by atoms with Crippen LogP contribution in [0.2, 0.25) is 0 Å². The van der Waals surface area contributed by atoms with Gasteiger partial charge in [-0.3, -0.25) is 0 Å². The van der Waals surface area contributed by atoms with Gasteiger partial charge in [0.25, 0.3) is 0 Å². The second-order valence-corrected chi connectivity index (χ2v) is 15.6. The summed E-state index contributed by atoms with van der Waals surface area (Å²) in [6.45, 7) is 6.07. The molecule has 0 spiro atoms. The minimum absolute atomic E-state index is 0.0881. The fraction of sp³-hybridized carbons (Fsp3) is 0.824. The Morgan fingerprint density at radius 2 is 0.895 bits per heavy atom. The third-order valence-corrected chi connectivity index (χ3v) is 12.7. The van der Waals surface area contributed by atoms with Crippen LogP contribution in [0.3, 0.4) is 0 Å². The lowest BCUT2D eigenvalue weighted by atomic mass is 9.46. The Kier molecular flexibility index (Phi) is 5.03. The van der Waals surface area contributed by atoms with Crippen molar-refractivity contribution in [1.29, 1.82) is 0 Å². The normalized spacial score (nSPS) is 48.7. The summed E-state index contributed by atoms with van der Waals surface area (Å²) in [6, 6.07) is 5.07. The van der Waals surface area contributed by atoms with E-state index in [0.717, 1.165) is 60.2 Å². The van der Waals surface area contributed by atoms with Gasteiger partial charge in [0.2, 0.25) is 0 Å². The highest BCUT2D eigenvalue weighted by Gasteiger charge is 2.56. The van der Waals surface area contributed by atoms with Gasteiger partial charge in [-0.25, -0.2) is 0 Å². The highest BCUT2D eigenvalue weighted by Crippen LogP contribution is 2.65. The van der Waals surface area contributed by atoms with Crippen LogP contribution in [0.5, 0.6) is 11.5 Å². The smallest absolute Gasteiger partial charge is 0.127 e. The molecule has 8 saturated carbocycles. The van der Waals surface area contributed by atoms with Gasteiger partial charge in [0.1, 0.15) is 35.9 Å². The first-order valence-corrected chi connectivity index (χ1v) is 16.2. The number of rotatable bonds is 8. The van der Waals surface area contributed by atoms with E-state index in [4.69, 9.17) is 18.9 Å². The Morgan fingerprint density at radius 3 is 1.18 bits per heavy atom. The maximum atomic E-state index is 6.89. The van der Waals surface area contributed by atoms with Crippen molar-refractivity contribution in [1.82, 2.24) is 0 Å². The lowest BCUT2D eigenvalue weighted by Gasteiger charge is -2.59. The predicted molar refractivity (Wildman–Crippen MR) is 146 cm³/mol. The van der Waals surface area contributed by atoms with Crippen LogP contribution in [-0.4, -0.2) is 37.6 Å². The molecule has 2 aliphatic heterocycles. The first kappa shape index (κ1) is 23.4. The van der Waals surface area contributed by atoms with Crippen LogP contribution in [-0.2, 0) is 20.3 Å². The van der Waals surface area contributed by atoms with Gasteiger partial charge in [-0.1, -0.05) is 0 Å². The Balaban J connectivity index is 1.19. The number of ether oxygens (including phenoxy) is 4. The largest absolute Gasteiger partial charge is 0.487 e. The van der Waals surface area contributed by atoms with E-state index in [1.54, 1.807) is 11.1 Å². The second-order valence-electron chi connectivity index (χ2n) is 15.6. The predicted octanol–water partition coefficient (Wildman–Crippen LogP) is 6.95. The maximum absolute atomic E-state index is 6.89. The summed E-state index contributed by atoms with van der Waals surface area (Å²) in [5.41, 5.74) is 3.71. The molecule has 0 aromatic heterocycles. The lowest BCUT2D eigenvalue weighted by molar-refractivity contribution is -0.0107. The maximum Gasteiger partial charge on any atom is 0.127 e. The van der Waals surface area contributed by atoms with Crippen molar-refractivity contribution in [3.8, 4) is 11.5 Å². The van der Waals surface area contributed by atoms with E-state index in [2.05, 4.69) is 26.0 Å². The molecule has 0 radical (unpaired) electrons. The number of hydrogen-bond acceptors (Lipinski definition) is 4. The first-order chi connectivity index (χ1) is 18.4. The van der Waals surface area contributed by atoms with Crippen molar-refractivity contribution >= 4 is 0 Å². The SMILES string of the molecule is CC(Oc1cc(OC(C)C2CO2)c(C23CC4CC(CC(C4)C2)C3)cc1C12CC3CC(CC(C3)C1)C2)C1CO1. The molecule has 1 aromatic rings. The zero-order valence-corrected chi connectivity index (χ0v) is 23.5. The van der Waals surface area contributed by atoms with Crippen LogP contribution < -0.4 is 9.47 Å². The molecule has 4 atom stereocenters. The van der Waals surface area contributed by atoms with Crippen molar-refractivity contribution in [3.05, 3.63) is 23.3 Å². The van der Waals surface area contributed by atoms with Crippen LogP contribution in [0.1, 0.15) is 102 Å². The summed E-state index contributed by atoms with van der Waals surface area (Å²) in [7, 11) is 0. The highest BCUT2D eigenvalue weighted by molar-refractivity contribution is 5.54. The molecule has 1 aromatic carbocycles. The van der Waals surface area contributed by atoms with E-state index in [9.17, 15) is 0 Å². The van der Waals surface area contributed by atoms with Crippen molar-refractivity contribution in [2.24, 2.45) is 35.5 Å². The molecule has 8 aliphatic carbocycles. The van der Waals surface area contributed by atoms with E-state index < -0.39 is 0 Å². The summed E-state index contributed by atoms with van der Waals surface area (Å²) in [4.78, 5) is 0. The molecule has 4 unspecified atom stereocenters. The molecule has 4 heteroatoms. The third kappa shape index (κ3) is 3.75. The van der Waals surface area contributed by atoms with Gasteiger partial charge in [-0.15, -0.1) is 0 Å². The standard InChI is InChI=1S/C34H46O4/c1-19(31-17-35-31)37-29-10-30(38-20(2)32-18-36-32)28(34-14-24-6-25(15-34)8-26(7-24)16-34)9-27(29)33-11-21-3-22(12-33)5-23(4-21)13-33/h9-10,19-26,31-32H,3-8,11-18H2,1-2H3. The van der Waals surface area contributed by atoms with E-state index >= 15 is 0 Å². The van der Waals surface area contributed by atoms with Gasteiger partial charge in [0.05, 0.1) is 13.2 Å². The van der Waals surface area contributed by atoms with Gasteiger partial charge in [0, 0.05) is 17.2 Å². The van der Waals surface area contributed by atoms with Crippen molar-refractivity contribution < 1.29 is 18.9 Å². The number of epoxide rings is 2. The lowest BCUT2D eigenvalue weighted by Crippen LogP contribution is -2.50. The second kappa shape index (κ2) is 8.15. The molecule has 11 rings (SSSR count). The zero-order chi connectivity index (χ0) is 25.2. The molecular weight excluding hydrogens is 472 g/mol. The minimum Gasteiger partial charge on any atom is -0.487 e. The van der Waals surface area contributed by atoms with E-state index in [0.29, 0.717) is 10.8 Å². The van der Waals surface area contributed by atoms with Gasteiger partial charge < -0.3 is 18.9 Å². The molecule has 10 aliphatic rings. The zero-order valence-electron chi connectivity index (χ0n) is 23.5. The van der Waals surface area contributed by atoms with Gasteiger partial charge in [-0.2, -0.15) is 0 Å². The van der Waals surface area contributed by atoms with Crippen molar-refractivity contribution in [2.75, 3.05) is 13.2 Å². The molecule has 2 heterocycles. The Bertz CT molecular complexity index is 962. The first-order valence-electron chi connectivity index (χ1n) is 16.2. The topological polar surface area (TPSA) is 43.5 Å². The van der Waals surface area contributed by atoms with Crippen LogP contribution >= 0.6 is 0 Å². The van der Waals surface area contributed by atoms with Crippen LogP contribution in [0.4, 0.5) is 0 Å². The average molecular weight is 519 g/mol. The molecule has 10 fully saturated rings. The number of benzene rings is 1. The van der Waals surface area contributed by atoms with Crippen molar-refractivity contribution in [3.63, 3.8) is 0 Å². The Hall–Kier alpha value is -1.26. The van der Waals surface area contributed by atoms with Gasteiger partial charge in [0.15, 0.2) is 0 Å². The Labute approximate surface area is 228 Å². The molecule has 0 N–H and O–H groups in total. The molecule has 2 saturated heterocycles. The molecule has 4 nitrogen and oxygen atoms in total. The molecule has 0 amide bonds. The highest BCUT2D eigenvalue weighted by atomic mass is 16.6. The average Bonchev–Trinajstić information content (AvgIpc) is 3.76.